The first-order valence-corrected chi connectivity index (χ1v) is 6.57. The van der Waals surface area contributed by atoms with Gasteiger partial charge in [0.15, 0.2) is 11.5 Å². The van der Waals surface area contributed by atoms with Gasteiger partial charge in [-0.25, -0.2) is 0 Å². The standard InChI is InChI=1S/C15H22N2O2/c1-10(2)12-9-17(6-5-16)13-8-15(19-4)14(18-3)7-11(12)13/h7-10H,5-6,16H2,1-4H3. The van der Waals surface area contributed by atoms with Crippen molar-refractivity contribution >= 4 is 10.9 Å². The Bertz CT molecular complexity index is 573. The number of fused-ring (bicyclic) bond motifs is 1. The zero-order valence-corrected chi connectivity index (χ0v) is 12.1. The van der Waals surface area contributed by atoms with Gasteiger partial charge in [0.25, 0.3) is 0 Å². The Kier molecular flexibility index (Phi) is 4.00. The third-order valence-electron chi connectivity index (χ3n) is 3.41. The largest absolute Gasteiger partial charge is 0.493 e. The minimum Gasteiger partial charge on any atom is -0.493 e. The van der Waals surface area contributed by atoms with Gasteiger partial charge in [-0.1, -0.05) is 13.8 Å². The second-order valence-corrected chi connectivity index (χ2v) is 4.95. The normalized spacial score (nSPS) is 11.3. The molecule has 0 fully saturated rings. The number of benzene rings is 1. The number of ether oxygens (including phenoxy) is 2. The van der Waals surface area contributed by atoms with Gasteiger partial charge in [-0.2, -0.15) is 0 Å². The molecule has 0 atom stereocenters. The molecule has 0 aliphatic rings. The molecule has 1 heterocycles. The summed E-state index contributed by atoms with van der Waals surface area (Å²) in [5.74, 6) is 1.98. The number of rotatable bonds is 5. The Morgan fingerprint density at radius 3 is 2.32 bits per heavy atom. The van der Waals surface area contributed by atoms with Gasteiger partial charge in [0.1, 0.15) is 0 Å². The van der Waals surface area contributed by atoms with E-state index in [0.717, 1.165) is 23.6 Å². The highest BCUT2D eigenvalue weighted by Gasteiger charge is 2.15. The Labute approximate surface area is 114 Å². The van der Waals surface area contributed by atoms with Crippen molar-refractivity contribution in [2.75, 3.05) is 20.8 Å². The van der Waals surface area contributed by atoms with E-state index in [2.05, 4.69) is 30.7 Å². The third kappa shape index (κ3) is 2.40. The lowest BCUT2D eigenvalue weighted by molar-refractivity contribution is 0.355. The van der Waals surface area contributed by atoms with Gasteiger partial charge in [0, 0.05) is 30.7 Å². The summed E-state index contributed by atoms with van der Waals surface area (Å²) in [6.07, 6.45) is 2.18. The molecule has 2 N–H and O–H groups in total. The number of aromatic nitrogens is 1. The molecule has 4 heteroatoms. The van der Waals surface area contributed by atoms with Crippen molar-refractivity contribution in [2.24, 2.45) is 5.73 Å². The molecule has 0 aliphatic carbocycles. The van der Waals surface area contributed by atoms with Crippen LogP contribution in [-0.2, 0) is 6.54 Å². The topological polar surface area (TPSA) is 49.4 Å². The molecule has 0 amide bonds. The van der Waals surface area contributed by atoms with E-state index < -0.39 is 0 Å². The summed E-state index contributed by atoms with van der Waals surface area (Å²) in [6.45, 7) is 5.81. The van der Waals surface area contributed by atoms with Crippen LogP contribution in [0.5, 0.6) is 11.5 Å². The summed E-state index contributed by atoms with van der Waals surface area (Å²) >= 11 is 0. The molecule has 2 rings (SSSR count). The van der Waals surface area contributed by atoms with Gasteiger partial charge in [-0.15, -0.1) is 0 Å². The summed E-state index contributed by atoms with van der Waals surface area (Å²) in [7, 11) is 3.32. The van der Waals surface area contributed by atoms with Crippen LogP contribution in [0.3, 0.4) is 0 Å². The zero-order valence-electron chi connectivity index (χ0n) is 12.1. The van der Waals surface area contributed by atoms with Crippen LogP contribution in [0.25, 0.3) is 10.9 Å². The predicted molar refractivity (Wildman–Crippen MR) is 78.2 cm³/mol. The smallest absolute Gasteiger partial charge is 0.162 e. The van der Waals surface area contributed by atoms with E-state index >= 15 is 0 Å². The average Bonchev–Trinajstić information content (AvgIpc) is 2.76. The molecule has 4 nitrogen and oxygen atoms in total. The molecular weight excluding hydrogens is 240 g/mol. The summed E-state index contributed by atoms with van der Waals surface area (Å²) in [6, 6.07) is 4.08. The minimum atomic E-state index is 0.458. The first kappa shape index (κ1) is 13.7. The fraction of sp³-hybridized carbons (Fsp3) is 0.467. The summed E-state index contributed by atoms with van der Waals surface area (Å²) < 4.78 is 13.0. The highest BCUT2D eigenvalue weighted by molar-refractivity contribution is 5.88. The van der Waals surface area contributed by atoms with E-state index in [-0.39, 0.29) is 0 Å². The Morgan fingerprint density at radius 2 is 1.79 bits per heavy atom. The van der Waals surface area contributed by atoms with E-state index in [9.17, 15) is 0 Å². The van der Waals surface area contributed by atoms with Crippen LogP contribution in [-0.4, -0.2) is 25.3 Å². The van der Waals surface area contributed by atoms with Crippen molar-refractivity contribution in [2.45, 2.75) is 26.3 Å². The first-order valence-electron chi connectivity index (χ1n) is 6.57. The number of nitrogens with zero attached hydrogens (tertiary/aromatic N) is 1. The zero-order chi connectivity index (χ0) is 14.0. The highest BCUT2D eigenvalue weighted by atomic mass is 16.5. The molecule has 2 aromatic rings. The van der Waals surface area contributed by atoms with Gasteiger partial charge in [-0.05, 0) is 17.5 Å². The SMILES string of the molecule is COc1cc2c(C(C)C)cn(CCN)c2cc1OC. The molecule has 0 radical (unpaired) electrons. The minimum absolute atomic E-state index is 0.458. The lowest BCUT2D eigenvalue weighted by Crippen LogP contribution is -2.08. The molecule has 1 aromatic heterocycles. The molecule has 0 spiro atoms. The van der Waals surface area contributed by atoms with Crippen LogP contribution in [0.1, 0.15) is 25.3 Å². The van der Waals surface area contributed by atoms with Gasteiger partial charge in [0.2, 0.25) is 0 Å². The Hall–Kier alpha value is -1.68. The number of nitrogens with two attached hydrogens (primary N) is 1. The lowest BCUT2D eigenvalue weighted by Gasteiger charge is -2.10. The monoisotopic (exact) mass is 262 g/mol. The van der Waals surface area contributed by atoms with Crippen molar-refractivity contribution in [3.05, 3.63) is 23.9 Å². The lowest BCUT2D eigenvalue weighted by atomic mass is 10.0. The maximum Gasteiger partial charge on any atom is 0.162 e. The molecule has 0 unspecified atom stereocenters. The van der Waals surface area contributed by atoms with E-state index in [0.29, 0.717) is 12.5 Å². The van der Waals surface area contributed by atoms with Gasteiger partial charge in [0.05, 0.1) is 19.7 Å². The molecule has 0 aliphatic heterocycles. The van der Waals surface area contributed by atoms with E-state index in [1.165, 1.54) is 10.9 Å². The fourth-order valence-corrected chi connectivity index (χ4v) is 2.43. The summed E-state index contributed by atoms with van der Waals surface area (Å²) in [5.41, 5.74) is 8.14. The maximum atomic E-state index is 5.69. The first-order chi connectivity index (χ1) is 9.12. The van der Waals surface area contributed by atoms with Gasteiger partial charge in [-0.3, -0.25) is 0 Å². The molecule has 0 saturated carbocycles. The van der Waals surface area contributed by atoms with Crippen molar-refractivity contribution < 1.29 is 9.47 Å². The Morgan fingerprint density at radius 1 is 1.16 bits per heavy atom. The predicted octanol–water partition coefficient (Wildman–Crippen LogP) is 2.74. The van der Waals surface area contributed by atoms with Crippen molar-refractivity contribution in [3.8, 4) is 11.5 Å². The molecule has 104 valence electrons. The fourth-order valence-electron chi connectivity index (χ4n) is 2.43. The molecular formula is C15H22N2O2. The van der Waals surface area contributed by atoms with E-state index in [1.54, 1.807) is 14.2 Å². The summed E-state index contributed by atoms with van der Waals surface area (Å²) in [4.78, 5) is 0. The maximum absolute atomic E-state index is 5.69. The molecule has 0 bridgehead atoms. The van der Waals surface area contributed by atoms with Crippen LogP contribution in [0.2, 0.25) is 0 Å². The molecule has 1 aromatic carbocycles. The van der Waals surface area contributed by atoms with Crippen molar-refractivity contribution in [1.29, 1.82) is 0 Å². The number of hydrogen-bond acceptors (Lipinski definition) is 3. The number of hydrogen-bond donors (Lipinski definition) is 1. The van der Waals surface area contributed by atoms with Crippen LogP contribution < -0.4 is 15.2 Å². The quantitative estimate of drug-likeness (QED) is 0.901. The second kappa shape index (κ2) is 5.53. The van der Waals surface area contributed by atoms with Crippen LogP contribution in [0, 0.1) is 0 Å². The van der Waals surface area contributed by atoms with Crippen LogP contribution in [0.15, 0.2) is 18.3 Å². The molecule has 19 heavy (non-hydrogen) atoms. The van der Waals surface area contributed by atoms with Crippen LogP contribution >= 0.6 is 0 Å². The van der Waals surface area contributed by atoms with Gasteiger partial charge >= 0.3 is 0 Å². The molecule has 0 saturated heterocycles. The van der Waals surface area contributed by atoms with Gasteiger partial charge < -0.3 is 19.8 Å². The average molecular weight is 262 g/mol. The van der Waals surface area contributed by atoms with E-state index in [1.807, 2.05) is 6.07 Å². The third-order valence-corrected chi connectivity index (χ3v) is 3.41. The second-order valence-electron chi connectivity index (χ2n) is 4.95. The van der Waals surface area contributed by atoms with E-state index in [4.69, 9.17) is 15.2 Å². The summed E-state index contributed by atoms with van der Waals surface area (Å²) in [5, 5.41) is 1.21. The van der Waals surface area contributed by atoms with Crippen molar-refractivity contribution in [1.82, 2.24) is 4.57 Å². The number of methoxy groups -OCH3 is 2. The Balaban J connectivity index is 2.71. The van der Waals surface area contributed by atoms with Crippen molar-refractivity contribution in [3.63, 3.8) is 0 Å². The highest BCUT2D eigenvalue weighted by Crippen LogP contribution is 2.36. The van der Waals surface area contributed by atoms with Crippen LogP contribution in [0.4, 0.5) is 0 Å².